The first kappa shape index (κ1) is 11.7. The van der Waals surface area contributed by atoms with Gasteiger partial charge < -0.3 is 9.84 Å². The van der Waals surface area contributed by atoms with Crippen LogP contribution in [-0.4, -0.2) is 29.6 Å². The van der Waals surface area contributed by atoms with Gasteiger partial charge in [0.15, 0.2) is 5.78 Å². The molecule has 1 rings (SSSR count). The van der Waals surface area contributed by atoms with Gasteiger partial charge in [0.25, 0.3) is 0 Å². The first-order chi connectivity index (χ1) is 7.00. The van der Waals surface area contributed by atoms with Gasteiger partial charge in [0.05, 0.1) is 6.10 Å². The molecule has 0 aliphatic carbocycles. The van der Waals surface area contributed by atoms with Crippen molar-refractivity contribution in [3.63, 3.8) is 0 Å². The summed E-state index contributed by atoms with van der Waals surface area (Å²) in [6, 6.07) is 0. The number of rotatable bonds is 4. The molecule has 0 radical (unpaired) electrons. The van der Waals surface area contributed by atoms with Crippen molar-refractivity contribution in [2.45, 2.75) is 26.4 Å². The smallest absolute Gasteiger partial charge is 0.334 e. The third-order valence-electron chi connectivity index (χ3n) is 2.01. The second-order valence-corrected chi connectivity index (χ2v) is 3.58. The number of carbonyl (C=O) groups is 2. The summed E-state index contributed by atoms with van der Waals surface area (Å²) in [6.07, 6.45) is 2.63. The molecule has 4 heteroatoms. The number of carbonyl (C=O) groups excluding carboxylic acids is 2. The van der Waals surface area contributed by atoms with Crippen LogP contribution in [0, 0.1) is 0 Å². The monoisotopic (exact) mass is 210 g/mol. The van der Waals surface area contributed by atoms with E-state index >= 15 is 0 Å². The molecule has 0 aromatic heterocycles. The zero-order valence-electron chi connectivity index (χ0n) is 8.82. The van der Waals surface area contributed by atoms with Crippen LogP contribution in [-0.2, 0) is 14.3 Å². The van der Waals surface area contributed by atoms with Gasteiger partial charge >= 0.3 is 5.97 Å². The molecule has 1 heterocycles. The Labute approximate surface area is 88.2 Å². The van der Waals surface area contributed by atoms with Gasteiger partial charge in [-0.15, -0.1) is 0 Å². The Morgan fingerprint density at radius 3 is 2.87 bits per heavy atom. The van der Waals surface area contributed by atoms with E-state index in [0.29, 0.717) is 11.1 Å². The average Bonchev–Trinajstić information content (AvgIpc) is 2.44. The Bertz CT molecular complexity index is 336. The summed E-state index contributed by atoms with van der Waals surface area (Å²) >= 11 is 0. The molecule has 0 fully saturated rings. The predicted molar refractivity (Wildman–Crippen MR) is 54.1 cm³/mol. The molecular weight excluding hydrogens is 196 g/mol. The number of aliphatic hydroxyl groups excluding tert-OH is 1. The molecule has 1 atom stereocenters. The number of allylic oxidation sites excluding steroid dienone is 1. The molecule has 0 aromatic rings. The maximum absolute atomic E-state index is 11.3. The minimum absolute atomic E-state index is 0.0850. The largest absolute Gasteiger partial charge is 0.457 e. The maximum atomic E-state index is 11.3. The van der Waals surface area contributed by atoms with Gasteiger partial charge in [0, 0.05) is 17.6 Å². The van der Waals surface area contributed by atoms with Gasteiger partial charge in [-0.25, -0.2) is 4.79 Å². The lowest BCUT2D eigenvalue weighted by atomic mass is 10.0. The number of ketones is 1. The Kier molecular flexibility index (Phi) is 3.80. The van der Waals surface area contributed by atoms with Gasteiger partial charge in [0.1, 0.15) is 6.61 Å². The summed E-state index contributed by atoms with van der Waals surface area (Å²) in [5, 5.41) is 9.19. The van der Waals surface area contributed by atoms with Crippen LogP contribution in [0.2, 0.25) is 0 Å². The van der Waals surface area contributed by atoms with Crippen molar-refractivity contribution >= 4 is 11.8 Å². The number of esters is 1. The van der Waals surface area contributed by atoms with E-state index < -0.39 is 12.1 Å². The van der Waals surface area contributed by atoms with E-state index in [4.69, 9.17) is 4.74 Å². The maximum Gasteiger partial charge on any atom is 0.334 e. The second-order valence-electron chi connectivity index (χ2n) is 3.58. The quantitative estimate of drug-likeness (QED) is 0.549. The summed E-state index contributed by atoms with van der Waals surface area (Å²) in [4.78, 5) is 22.0. The molecular formula is C11H14O4. The van der Waals surface area contributed by atoms with Gasteiger partial charge in [0.2, 0.25) is 0 Å². The van der Waals surface area contributed by atoms with Crippen LogP contribution in [0.25, 0.3) is 0 Å². The molecule has 1 N–H and O–H groups in total. The van der Waals surface area contributed by atoms with E-state index in [-0.39, 0.29) is 18.8 Å². The Morgan fingerprint density at radius 2 is 2.33 bits per heavy atom. The van der Waals surface area contributed by atoms with Crippen LogP contribution in [0.15, 0.2) is 23.3 Å². The standard InChI is InChI=1S/C11H14O4/c1-7(12)3-4-9-6-15-11(14)10(9)5-8(2)13/h3-4,8,13H,5-6H2,1-2H3/b4-3+/t8-/m0/s1. The van der Waals surface area contributed by atoms with Gasteiger partial charge in [-0.05, 0) is 19.9 Å². The predicted octanol–water partition coefficient (Wildman–Crippen LogP) is 0.756. The molecule has 0 saturated heterocycles. The topological polar surface area (TPSA) is 63.6 Å². The first-order valence-electron chi connectivity index (χ1n) is 4.76. The van der Waals surface area contributed by atoms with E-state index in [2.05, 4.69) is 0 Å². The van der Waals surface area contributed by atoms with Crippen molar-refractivity contribution in [3.8, 4) is 0 Å². The lowest BCUT2D eigenvalue weighted by Gasteiger charge is -2.02. The molecule has 0 saturated carbocycles. The molecule has 0 bridgehead atoms. The summed E-state index contributed by atoms with van der Waals surface area (Å²) in [5.41, 5.74) is 1.14. The first-order valence-corrected chi connectivity index (χ1v) is 4.76. The number of hydrogen-bond acceptors (Lipinski definition) is 4. The zero-order chi connectivity index (χ0) is 11.4. The molecule has 0 amide bonds. The fraction of sp³-hybridized carbons (Fsp3) is 0.455. The number of aliphatic hydroxyl groups is 1. The Hall–Kier alpha value is -1.42. The van der Waals surface area contributed by atoms with Crippen molar-refractivity contribution in [2.75, 3.05) is 6.61 Å². The van der Waals surface area contributed by atoms with E-state index in [1.807, 2.05) is 0 Å². The highest BCUT2D eigenvalue weighted by Crippen LogP contribution is 2.21. The van der Waals surface area contributed by atoms with Crippen molar-refractivity contribution in [1.82, 2.24) is 0 Å². The summed E-state index contributed by atoms with van der Waals surface area (Å²) < 4.78 is 4.82. The van der Waals surface area contributed by atoms with Crippen molar-refractivity contribution in [3.05, 3.63) is 23.3 Å². The Morgan fingerprint density at radius 1 is 1.67 bits per heavy atom. The van der Waals surface area contributed by atoms with E-state index in [0.717, 1.165) is 0 Å². The summed E-state index contributed by atoms with van der Waals surface area (Å²) in [5.74, 6) is -0.489. The van der Waals surface area contributed by atoms with Crippen molar-refractivity contribution in [1.29, 1.82) is 0 Å². The number of ether oxygens (including phenoxy) is 1. The SMILES string of the molecule is CC(=O)/C=C/C1=C(C[C@H](C)O)C(=O)OC1. The van der Waals surface area contributed by atoms with Crippen LogP contribution in [0.4, 0.5) is 0 Å². The normalized spacial score (nSPS) is 18.5. The molecule has 4 nitrogen and oxygen atoms in total. The van der Waals surface area contributed by atoms with Gasteiger partial charge in [-0.2, -0.15) is 0 Å². The molecule has 82 valence electrons. The molecule has 15 heavy (non-hydrogen) atoms. The zero-order valence-corrected chi connectivity index (χ0v) is 8.82. The summed E-state index contributed by atoms with van der Waals surface area (Å²) in [6.45, 7) is 3.22. The van der Waals surface area contributed by atoms with Crippen LogP contribution in [0.1, 0.15) is 20.3 Å². The summed E-state index contributed by atoms with van der Waals surface area (Å²) in [7, 11) is 0. The number of cyclic esters (lactones) is 1. The highest BCUT2D eigenvalue weighted by Gasteiger charge is 2.24. The van der Waals surface area contributed by atoms with Crippen molar-refractivity contribution < 1.29 is 19.4 Å². The fourth-order valence-electron chi connectivity index (χ4n) is 1.33. The van der Waals surface area contributed by atoms with E-state index in [9.17, 15) is 14.7 Å². The third kappa shape index (κ3) is 3.32. The highest BCUT2D eigenvalue weighted by molar-refractivity contribution is 5.93. The Balaban J connectivity index is 2.85. The van der Waals surface area contributed by atoms with Crippen LogP contribution in [0.3, 0.4) is 0 Å². The molecule has 1 aliphatic heterocycles. The lowest BCUT2D eigenvalue weighted by molar-refractivity contribution is -0.136. The molecule has 0 aromatic carbocycles. The van der Waals surface area contributed by atoms with Crippen LogP contribution >= 0.6 is 0 Å². The molecule has 0 spiro atoms. The minimum Gasteiger partial charge on any atom is -0.457 e. The van der Waals surface area contributed by atoms with Gasteiger partial charge in [-0.3, -0.25) is 4.79 Å². The van der Waals surface area contributed by atoms with Gasteiger partial charge in [-0.1, -0.05) is 6.08 Å². The number of hydrogen-bond donors (Lipinski definition) is 1. The van der Waals surface area contributed by atoms with Crippen molar-refractivity contribution in [2.24, 2.45) is 0 Å². The average molecular weight is 210 g/mol. The highest BCUT2D eigenvalue weighted by atomic mass is 16.5. The van der Waals surface area contributed by atoms with E-state index in [1.165, 1.54) is 13.0 Å². The second kappa shape index (κ2) is 4.89. The lowest BCUT2D eigenvalue weighted by Crippen LogP contribution is -2.07. The molecule has 1 aliphatic rings. The van der Waals surface area contributed by atoms with Crippen LogP contribution in [0.5, 0.6) is 0 Å². The third-order valence-corrected chi connectivity index (χ3v) is 2.01. The minimum atomic E-state index is -0.591. The van der Waals surface area contributed by atoms with Crippen LogP contribution < -0.4 is 0 Å². The van der Waals surface area contributed by atoms with E-state index in [1.54, 1.807) is 13.0 Å². The fourth-order valence-corrected chi connectivity index (χ4v) is 1.33. The molecule has 0 unspecified atom stereocenters.